The highest BCUT2D eigenvalue weighted by molar-refractivity contribution is 5.96. The number of amides is 2. The van der Waals surface area contributed by atoms with Crippen LogP contribution in [0.4, 0.5) is 5.69 Å². The maximum absolute atomic E-state index is 12.1. The van der Waals surface area contributed by atoms with Crippen molar-refractivity contribution in [2.75, 3.05) is 32.6 Å². The van der Waals surface area contributed by atoms with E-state index in [1.165, 1.54) is 0 Å². The average Bonchev–Trinajstić information content (AvgIpc) is 2.66. The molecule has 0 aliphatic rings. The number of hydrogen-bond acceptors (Lipinski definition) is 5. The Hall–Kier alpha value is -3.22. The molecule has 0 radical (unpaired) electrons. The third-order valence-corrected chi connectivity index (χ3v) is 4.22. The number of anilines is 1. The van der Waals surface area contributed by atoms with Crippen molar-refractivity contribution in [1.29, 1.82) is 0 Å². The van der Waals surface area contributed by atoms with Gasteiger partial charge in [0, 0.05) is 17.8 Å². The number of carbonyl (C=O) groups excluding carboxylic acids is 2. The lowest BCUT2D eigenvalue weighted by atomic mass is 10.1. The Balaban J connectivity index is 1.84. The van der Waals surface area contributed by atoms with Crippen molar-refractivity contribution < 1.29 is 19.1 Å². The molecule has 0 aromatic heterocycles. The van der Waals surface area contributed by atoms with E-state index < -0.39 is 5.91 Å². The Labute approximate surface area is 158 Å². The fourth-order valence-corrected chi connectivity index (χ4v) is 2.71. The van der Waals surface area contributed by atoms with Gasteiger partial charge >= 0.3 is 0 Å². The summed E-state index contributed by atoms with van der Waals surface area (Å²) in [6.07, 6.45) is 0.669. The van der Waals surface area contributed by atoms with Crippen LogP contribution in [0.3, 0.4) is 0 Å². The summed E-state index contributed by atoms with van der Waals surface area (Å²) < 4.78 is 10.5. The molecule has 0 saturated heterocycles. The smallest absolute Gasteiger partial charge is 0.249 e. The van der Waals surface area contributed by atoms with Crippen LogP contribution < -0.4 is 25.8 Å². The van der Waals surface area contributed by atoms with E-state index in [1.807, 2.05) is 18.2 Å². The van der Waals surface area contributed by atoms with Gasteiger partial charge in [-0.3, -0.25) is 9.59 Å². The van der Waals surface area contributed by atoms with E-state index >= 15 is 0 Å². The normalized spacial score (nSPS) is 10.2. The van der Waals surface area contributed by atoms with E-state index in [9.17, 15) is 9.59 Å². The van der Waals surface area contributed by atoms with Gasteiger partial charge in [-0.1, -0.05) is 12.1 Å². The zero-order chi connectivity index (χ0) is 19.8. The Morgan fingerprint density at radius 3 is 2.48 bits per heavy atom. The number of primary amides is 1. The van der Waals surface area contributed by atoms with Crippen LogP contribution >= 0.6 is 0 Å². The van der Waals surface area contributed by atoms with Crippen molar-refractivity contribution in [2.45, 2.75) is 13.3 Å². The minimum atomic E-state index is -0.490. The molecule has 0 aliphatic heterocycles. The lowest BCUT2D eigenvalue weighted by Gasteiger charge is -2.12. The first-order valence-electron chi connectivity index (χ1n) is 8.57. The van der Waals surface area contributed by atoms with E-state index in [0.29, 0.717) is 35.7 Å². The van der Waals surface area contributed by atoms with Crippen LogP contribution in [-0.4, -0.2) is 39.1 Å². The van der Waals surface area contributed by atoms with Crippen LogP contribution in [0.2, 0.25) is 0 Å². The van der Waals surface area contributed by atoms with Gasteiger partial charge < -0.3 is 25.8 Å². The topological polar surface area (TPSA) is 103 Å². The third kappa shape index (κ3) is 5.37. The fraction of sp³-hybridized carbons (Fsp3) is 0.300. The predicted octanol–water partition coefficient (Wildman–Crippen LogP) is 1.88. The number of hydrogen-bond donors (Lipinski definition) is 3. The molecule has 0 aliphatic carbocycles. The minimum Gasteiger partial charge on any atom is -0.493 e. The highest BCUT2D eigenvalue weighted by Crippen LogP contribution is 2.27. The van der Waals surface area contributed by atoms with E-state index in [1.54, 1.807) is 39.3 Å². The molecule has 27 heavy (non-hydrogen) atoms. The molecule has 0 atom stereocenters. The molecule has 0 bridgehead atoms. The number of benzene rings is 2. The molecule has 144 valence electrons. The van der Waals surface area contributed by atoms with Gasteiger partial charge in [-0.15, -0.1) is 0 Å². The molecule has 2 aromatic carbocycles. The fourth-order valence-electron chi connectivity index (χ4n) is 2.71. The molecule has 2 rings (SSSR count). The maximum Gasteiger partial charge on any atom is 0.249 e. The monoisotopic (exact) mass is 371 g/mol. The van der Waals surface area contributed by atoms with E-state index in [-0.39, 0.29) is 12.5 Å². The van der Waals surface area contributed by atoms with Gasteiger partial charge in [0.15, 0.2) is 11.5 Å². The minimum absolute atomic E-state index is 0.106. The number of methoxy groups -OCH3 is 2. The number of carbonyl (C=O) groups is 2. The highest BCUT2D eigenvalue weighted by atomic mass is 16.5. The largest absolute Gasteiger partial charge is 0.493 e. The summed E-state index contributed by atoms with van der Waals surface area (Å²) in [4.78, 5) is 23.4. The second-order valence-corrected chi connectivity index (χ2v) is 5.99. The summed E-state index contributed by atoms with van der Waals surface area (Å²) >= 11 is 0. The van der Waals surface area contributed by atoms with Gasteiger partial charge in [0.1, 0.15) is 0 Å². The van der Waals surface area contributed by atoms with Gasteiger partial charge in [-0.2, -0.15) is 0 Å². The van der Waals surface area contributed by atoms with Crippen molar-refractivity contribution in [3.8, 4) is 11.5 Å². The van der Waals surface area contributed by atoms with Crippen molar-refractivity contribution in [3.05, 3.63) is 53.1 Å². The highest BCUT2D eigenvalue weighted by Gasteiger charge is 2.09. The molecule has 0 fully saturated rings. The molecule has 4 N–H and O–H groups in total. The summed E-state index contributed by atoms with van der Waals surface area (Å²) in [6, 6.07) is 10.9. The van der Waals surface area contributed by atoms with Gasteiger partial charge in [0.05, 0.1) is 20.8 Å². The average molecular weight is 371 g/mol. The predicted molar refractivity (Wildman–Crippen MR) is 104 cm³/mol. The molecule has 0 unspecified atom stereocenters. The Morgan fingerprint density at radius 1 is 1.07 bits per heavy atom. The molecule has 0 saturated carbocycles. The van der Waals surface area contributed by atoms with Crippen molar-refractivity contribution in [2.24, 2.45) is 5.73 Å². The Bertz CT molecular complexity index is 821. The van der Waals surface area contributed by atoms with Gasteiger partial charge in [-0.05, 0) is 48.7 Å². The van der Waals surface area contributed by atoms with Crippen LogP contribution in [0.15, 0.2) is 36.4 Å². The van der Waals surface area contributed by atoms with Gasteiger partial charge in [0.25, 0.3) is 0 Å². The molecule has 0 heterocycles. The number of nitrogens with two attached hydrogens (primary N) is 1. The standard InChI is InChI=1S/C20H25N3O4/c1-13-15(20(21)25)5-4-6-16(13)23-12-19(24)22-10-9-14-7-8-17(26-2)18(11-14)27-3/h4-8,11,23H,9-10,12H2,1-3H3,(H2,21,25)(H,22,24). The molecule has 2 amide bonds. The number of rotatable bonds is 9. The Kier molecular flexibility index (Phi) is 7.05. The van der Waals surface area contributed by atoms with Gasteiger partial charge in [0.2, 0.25) is 11.8 Å². The molecular weight excluding hydrogens is 346 g/mol. The van der Waals surface area contributed by atoms with Gasteiger partial charge in [-0.25, -0.2) is 0 Å². The summed E-state index contributed by atoms with van der Waals surface area (Å²) in [5, 5.41) is 5.89. The van der Waals surface area contributed by atoms with Crippen LogP contribution in [0, 0.1) is 6.92 Å². The molecule has 0 spiro atoms. The molecule has 7 heteroatoms. The molecule has 2 aromatic rings. The third-order valence-electron chi connectivity index (χ3n) is 4.22. The first kappa shape index (κ1) is 20.1. The second kappa shape index (κ2) is 9.47. The molecular formula is C20H25N3O4. The zero-order valence-electron chi connectivity index (χ0n) is 15.8. The number of ether oxygens (including phenoxy) is 2. The summed E-state index contributed by atoms with van der Waals surface area (Å²) in [6.45, 7) is 2.39. The Morgan fingerprint density at radius 2 is 1.81 bits per heavy atom. The SMILES string of the molecule is COc1ccc(CCNC(=O)CNc2cccc(C(N)=O)c2C)cc1OC. The lowest BCUT2D eigenvalue weighted by Crippen LogP contribution is -2.31. The summed E-state index contributed by atoms with van der Waals surface area (Å²) in [5.41, 5.74) is 8.24. The first-order valence-corrected chi connectivity index (χ1v) is 8.57. The molecule has 7 nitrogen and oxygen atoms in total. The van der Waals surface area contributed by atoms with Crippen LogP contribution in [-0.2, 0) is 11.2 Å². The summed E-state index contributed by atoms with van der Waals surface area (Å²) in [5.74, 6) is 0.700. The van der Waals surface area contributed by atoms with Crippen LogP contribution in [0.1, 0.15) is 21.5 Å². The lowest BCUT2D eigenvalue weighted by molar-refractivity contribution is -0.119. The first-order chi connectivity index (χ1) is 13.0. The van der Waals surface area contributed by atoms with E-state index in [0.717, 1.165) is 11.1 Å². The maximum atomic E-state index is 12.1. The van der Waals surface area contributed by atoms with Crippen molar-refractivity contribution in [1.82, 2.24) is 5.32 Å². The second-order valence-electron chi connectivity index (χ2n) is 5.99. The van der Waals surface area contributed by atoms with Crippen molar-refractivity contribution >= 4 is 17.5 Å². The van der Waals surface area contributed by atoms with Crippen LogP contribution in [0.5, 0.6) is 11.5 Å². The van der Waals surface area contributed by atoms with E-state index in [2.05, 4.69) is 10.6 Å². The van der Waals surface area contributed by atoms with Crippen molar-refractivity contribution in [3.63, 3.8) is 0 Å². The quantitative estimate of drug-likeness (QED) is 0.625. The summed E-state index contributed by atoms with van der Waals surface area (Å²) in [7, 11) is 3.18. The number of nitrogens with one attached hydrogen (secondary N) is 2. The zero-order valence-corrected chi connectivity index (χ0v) is 15.8. The van der Waals surface area contributed by atoms with E-state index in [4.69, 9.17) is 15.2 Å². The van der Waals surface area contributed by atoms with Crippen LogP contribution in [0.25, 0.3) is 0 Å².